The van der Waals surface area contributed by atoms with E-state index in [1.165, 1.54) is 5.56 Å². The van der Waals surface area contributed by atoms with Crippen molar-refractivity contribution in [2.24, 2.45) is 0 Å². The molecule has 1 amide bonds. The number of carbonyl (C=O) groups is 1. The summed E-state index contributed by atoms with van der Waals surface area (Å²) in [6, 6.07) is 11.1. The van der Waals surface area contributed by atoms with Gasteiger partial charge in [-0.15, -0.1) is 0 Å². The number of aryl methyl sites for hydroxylation is 4. The highest BCUT2D eigenvalue weighted by Crippen LogP contribution is 2.20. The maximum Gasteiger partial charge on any atom is 0.275 e. The van der Waals surface area contributed by atoms with Crippen molar-refractivity contribution in [2.75, 3.05) is 5.32 Å². The summed E-state index contributed by atoms with van der Waals surface area (Å²) in [7, 11) is 0. The van der Waals surface area contributed by atoms with Crippen LogP contribution in [0.15, 0.2) is 36.4 Å². The summed E-state index contributed by atoms with van der Waals surface area (Å²) in [5, 5.41) is 7.54. The summed E-state index contributed by atoms with van der Waals surface area (Å²) in [5.74, 6) is 0.205. The van der Waals surface area contributed by atoms with Crippen molar-refractivity contribution in [1.82, 2.24) is 14.8 Å². The molecule has 0 aliphatic heterocycles. The number of halogens is 1. The van der Waals surface area contributed by atoms with Crippen molar-refractivity contribution in [1.29, 1.82) is 0 Å². The fourth-order valence-electron chi connectivity index (χ4n) is 2.58. The Morgan fingerprint density at radius 2 is 1.80 bits per heavy atom. The van der Waals surface area contributed by atoms with E-state index in [9.17, 15) is 4.79 Å². The zero-order valence-electron chi connectivity index (χ0n) is 14.6. The fourth-order valence-corrected chi connectivity index (χ4v) is 2.77. The Bertz CT molecular complexity index is 962. The molecule has 25 heavy (non-hydrogen) atoms. The van der Waals surface area contributed by atoms with E-state index in [-0.39, 0.29) is 11.6 Å². The summed E-state index contributed by atoms with van der Waals surface area (Å²) in [6.45, 7) is 7.87. The maximum absolute atomic E-state index is 12.6. The Hall–Kier alpha value is -2.66. The molecule has 2 aromatic heterocycles. The molecular weight excluding hydrogens is 336 g/mol. The topological polar surface area (TPSA) is 59.8 Å². The van der Waals surface area contributed by atoms with E-state index in [0.717, 1.165) is 17.0 Å². The molecule has 3 aromatic rings. The highest BCUT2D eigenvalue weighted by molar-refractivity contribution is 6.34. The van der Waals surface area contributed by atoms with Crippen LogP contribution in [0.2, 0.25) is 5.02 Å². The van der Waals surface area contributed by atoms with Gasteiger partial charge < -0.3 is 5.32 Å². The number of aromatic nitrogens is 3. The van der Waals surface area contributed by atoms with Crippen LogP contribution >= 0.6 is 11.6 Å². The minimum Gasteiger partial charge on any atom is -0.321 e. The van der Waals surface area contributed by atoms with Gasteiger partial charge in [0.15, 0.2) is 5.82 Å². The Balaban J connectivity index is 1.93. The maximum atomic E-state index is 12.6. The number of nitrogens with one attached hydrogen (secondary N) is 1. The predicted octanol–water partition coefficient (Wildman–Crippen LogP) is 4.41. The van der Waals surface area contributed by atoms with Crippen LogP contribution in [-0.2, 0) is 0 Å². The highest BCUT2D eigenvalue weighted by atomic mass is 35.5. The van der Waals surface area contributed by atoms with Crippen molar-refractivity contribution in [2.45, 2.75) is 27.7 Å². The zero-order valence-corrected chi connectivity index (χ0v) is 15.3. The molecule has 6 heteroatoms. The Labute approximate surface area is 151 Å². The van der Waals surface area contributed by atoms with E-state index in [1.807, 2.05) is 52.0 Å². The van der Waals surface area contributed by atoms with E-state index in [2.05, 4.69) is 15.4 Å². The summed E-state index contributed by atoms with van der Waals surface area (Å²) in [5.41, 5.74) is 4.98. The van der Waals surface area contributed by atoms with Gasteiger partial charge in [0.05, 0.1) is 10.7 Å². The summed E-state index contributed by atoms with van der Waals surface area (Å²) in [6.07, 6.45) is 0. The Morgan fingerprint density at radius 3 is 2.44 bits per heavy atom. The smallest absolute Gasteiger partial charge is 0.275 e. The van der Waals surface area contributed by atoms with E-state index >= 15 is 0 Å². The van der Waals surface area contributed by atoms with Crippen molar-refractivity contribution >= 4 is 23.2 Å². The van der Waals surface area contributed by atoms with Gasteiger partial charge in [-0.3, -0.25) is 4.79 Å². The lowest BCUT2D eigenvalue weighted by molar-refractivity contribution is 0.102. The first kappa shape index (κ1) is 17.2. The van der Waals surface area contributed by atoms with Crippen LogP contribution in [0.25, 0.3) is 5.82 Å². The third-order valence-electron chi connectivity index (χ3n) is 4.04. The van der Waals surface area contributed by atoms with Crippen LogP contribution in [0.4, 0.5) is 5.69 Å². The Kier molecular flexibility index (Phi) is 4.59. The monoisotopic (exact) mass is 354 g/mol. The molecule has 0 spiro atoms. The van der Waals surface area contributed by atoms with Gasteiger partial charge in [-0.1, -0.05) is 17.7 Å². The largest absolute Gasteiger partial charge is 0.321 e. The van der Waals surface area contributed by atoms with Crippen molar-refractivity contribution < 1.29 is 4.79 Å². The highest BCUT2D eigenvalue weighted by Gasteiger charge is 2.15. The van der Waals surface area contributed by atoms with Crippen molar-refractivity contribution in [3.05, 3.63) is 69.6 Å². The Morgan fingerprint density at radius 1 is 1.04 bits per heavy atom. The van der Waals surface area contributed by atoms with Gasteiger partial charge in [-0.25, -0.2) is 9.67 Å². The average molecular weight is 355 g/mol. The normalized spacial score (nSPS) is 10.8. The molecule has 3 rings (SSSR count). The van der Waals surface area contributed by atoms with Crippen LogP contribution in [0, 0.1) is 27.7 Å². The van der Waals surface area contributed by atoms with Gasteiger partial charge in [0.25, 0.3) is 5.91 Å². The fraction of sp³-hybridized carbons (Fsp3) is 0.211. The number of hydrogen-bond acceptors (Lipinski definition) is 3. The summed E-state index contributed by atoms with van der Waals surface area (Å²) in [4.78, 5) is 17.0. The van der Waals surface area contributed by atoms with E-state index in [0.29, 0.717) is 16.5 Å². The van der Waals surface area contributed by atoms with Crippen LogP contribution in [-0.4, -0.2) is 20.7 Å². The van der Waals surface area contributed by atoms with Gasteiger partial charge in [0, 0.05) is 11.4 Å². The molecule has 0 aliphatic carbocycles. The number of carbonyl (C=O) groups excluding carboxylic acids is 1. The quantitative estimate of drug-likeness (QED) is 0.758. The molecule has 0 atom stereocenters. The number of benzene rings is 1. The molecule has 2 heterocycles. The molecule has 128 valence electrons. The standard InChI is InChI=1S/C19H19ClN4O/c1-11-5-6-15(9-12(11)2)21-19(25)18-16(20)7-8-17(22-18)24-14(4)10-13(3)23-24/h5-10H,1-4H3,(H,21,25). The first-order valence-electron chi connectivity index (χ1n) is 7.94. The van der Waals surface area contributed by atoms with Crippen LogP contribution in [0.3, 0.4) is 0 Å². The second kappa shape index (κ2) is 6.69. The van der Waals surface area contributed by atoms with Crippen LogP contribution in [0.1, 0.15) is 33.0 Å². The number of nitrogens with zero attached hydrogens (tertiary/aromatic N) is 3. The lowest BCUT2D eigenvalue weighted by Crippen LogP contribution is -2.16. The van der Waals surface area contributed by atoms with Crippen LogP contribution < -0.4 is 5.32 Å². The van der Waals surface area contributed by atoms with Crippen molar-refractivity contribution in [3.63, 3.8) is 0 Å². The molecule has 1 aromatic carbocycles. The zero-order chi connectivity index (χ0) is 18.1. The average Bonchev–Trinajstić information content (AvgIpc) is 2.90. The number of anilines is 1. The van der Waals surface area contributed by atoms with Gasteiger partial charge in [0.2, 0.25) is 0 Å². The number of rotatable bonds is 3. The molecular formula is C19H19ClN4O. The SMILES string of the molecule is Cc1cc(C)n(-c2ccc(Cl)c(C(=O)Nc3ccc(C)c(C)c3)n2)n1. The van der Waals surface area contributed by atoms with Gasteiger partial charge in [-0.05, 0) is 69.2 Å². The predicted molar refractivity (Wildman–Crippen MR) is 99.7 cm³/mol. The molecule has 0 unspecified atom stereocenters. The first-order valence-corrected chi connectivity index (χ1v) is 8.32. The third-order valence-corrected chi connectivity index (χ3v) is 4.34. The molecule has 0 aliphatic rings. The van der Waals surface area contributed by atoms with E-state index in [4.69, 9.17) is 11.6 Å². The molecule has 0 bridgehead atoms. The second-order valence-electron chi connectivity index (χ2n) is 6.09. The molecule has 0 radical (unpaired) electrons. The molecule has 0 fully saturated rings. The molecule has 5 nitrogen and oxygen atoms in total. The second-order valence-corrected chi connectivity index (χ2v) is 6.50. The molecule has 0 saturated heterocycles. The van der Waals surface area contributed by atoms with E-state index < -0.39 is 0 Å². The van der Waals surface area contributed by atoms with Gasteiger partial charge in [0.1, 0.15) is 5.69 Å². The number of amides is 1. The lowest BCUT2D eigenvalue weighted by atomic mass is 10.1. The van der Waals surface area contributed by atoms with Gasteiger partial charge in [-0.2, -0.15) is 5.10 Å². The summed E-state index contributed by atoms with van der Waals surface area (Å²) >= 11 is 6.19. The van der Waals surface area contributed by atoms with Crippen molar-refractivity contribution in [3.8, 4) is 5.82 Å². The number of pyridine rings is 1. The molecule has 1 N–H and O–H groups in total. The third kappa shape index (κ3) is 3.56. The first-order chi connectivity index (χ1) is 11.8. The lowest BCUT2D eigenvalue weighted by Gasteiger charge is -2.10. The minimum atomic E-state index is -0.350. The summed E-state index contributed by atoms with van der Waals surface area (Å²) < 4.78 is 1.69. The van der Waals surface area contributed by atoms with Crippen LogP contribution in [0.5, 0.6) is 0 Å². The molecule has 0 saturated carbocycles. The van der Waals surface area contributed by atoms with Gasteiger partial charge >= 0.3 is 0 Å². The minimum absolute atomic E-state index is 0.171. The number of hydrogen-bond donors (Lipinski definition) is 1. The van der Waals surface area contributed by atoms with E-state index in [1.54, 1.807) is 16.8 Å².